The van der Waals surface area contributed by atoms with Gasteiger partial charge in [-0.05, 0) is 18.9 Å². The summed E-state index contributed by atoms with van der Waals surface area (Å²) in [7, 11) is 0. The molecule has 3 rings (SSSR count). The van der Waals surface area contributed by atoms with E-state index in [1.54, 1.807) is 0 Å². The highest BCUT2D eigenvalue weighted by Gasteiger charge is 2.40. The molecule has 0 amide bonds. The molecule has 0 aliphatic heterocycles. The molecule has 0 bridgehead atoms. The first-order valence-electron chi connectivity index (χ1n) is 6.85. The third kappa shape index (κ3) is 2.18. The van der Waals surface area contributed by atoms with Gasteiger partial charge in [-0.3, -0.25) is 14.7 Å². The number of H-pyrrole nitrogens is 1. The summed E-state index contributed by atoms with van der Waals surface area (Å²) in [4.78, 5) is 24.8. The quantitative estimate of drug-likeness (QED) is 0.919. The lowest BCUT2D eigenvalue weighted by Crippen LogP contribution is -2.43. The van der Waals surface area contributed by atoms with Gasteiger partial charge in [0, 0.05) is 12.3 Å². The Hall–Kier alpha value is -2.62. The molecule has 21 heavy (non-hydrogen) atoms. The zero-order valence-corrected chi connectivity index (χ0v) is 11.7. The first-order chi connectivity index (χ1) is 10.1. The molecule has 1 aliphatic rings. The van der Waals surface area contributed by atoms with E-state index in [9.17, 15) is 9.59 Å². The fraction of sp³-hybridized carbons (Fsp3) is 0.176. The van der Waals surface area contributed by atoms with Crippen LogP contribution in [0.25, 0.3) is 0 Å². The molecule has 1 aromatic carbocycles. The molecular formula is C17H16N2O2. The van der Waals surface area contributed by atoms with Gasteiger partial charge in [0.05, 0.1) is 5.41 Å². The van der Waals surface area contributed by atoms with E-state index in [1.807, 2.05) is 55.5 Å². The summed E-state index contributed by atoms with van der Waals surface area (Å²) < 4.78 is 1.08. The van der Waals surface area contributed by atoms with Gasteiger partial charge < -0.3 is 0 Å². The molecule has 4 nitrogen and oxygen atoms in total. The summed E-state index contributed by atoms with van der Waals surface area (Å²) in [6, 6.07) is 10.9. The van der Waals surface area contributed by atoms with Crippen LogP contribution in [-0.4, -0.2) is 15.7 Å². The number of nitrogens with one attached hydrogen (secondary N) is 1. The highest BCUT2D eigenvalue weighted by Crippen LogP contribution is 2.36. The van der Waals surface area contributed by atoms with E-state index in [0.717, 1.165) is 15.8 Å². The summed E-state index contributed by atoms with van der Waals surface area (Å²) >= 11 is 0. The minimum Gasteiger partial charge on any atom is -0.296 e. The minimum absolute atomic E-state index is 0.257. The number of hydrogen-bond acceptors (Lipinski definition) is 2. The Morgan fingerprint density at radius 1 is 1.24 bits per heavy atom. The zero-order valence-electron chi connectivity index (χ0n) is 11.7. The van der Waals surface area contributed by atoms with Crippen LogP contribution in [0.5, 0.6) is 0 Å². The molecule has 1 N–H and O–H groups in total. The van der Waals surface area contributed by atoms with Crippen molar-refractivity contribution < 1.29 is 4.79 Å². The molecule has 106 valence electrons. The zero-order chi connectivity index (χ0) is 14.9. The van der Waals surface area contributed by atoms with E-state index in [4.69, 9.17) is 0 Å². The van der Waals surface area contributed by atoms with Crippen LogP contribution in [-0.2, 0) is 5.41 Å². The molecule has 0 spiro atoms. The van der Waals surface area contributed by atoms with Crippen LogP contribution in [0, 0.1) is 0 Å². The number of benzene rings is 1. The van der Waals surface area contributed by atoms with Crippen LogP contribution < -0.4 is 5.56 Å². The summed E-state index contributed by atoms with van der Waals surface area (Å²) in [5.74, 6) is -0.257. The standard InChI is InChI=1S/C17H16N2O2/c1-13-6-5-10-17(12-13,14-7-3-2-4-8-14)16(21)19-15(20)9-11-18-19/h2-11,18H,12H2,1H3. The predicted octanol–water partition coefficient (Wildman–Crippen LogP) is 2.66. The number of carbonyl (C=O) groups is 1. The number of aromatic amines is 1. The number of allylic oxidation sites excluding steroid dienone is 4. The number of hydrogen-bond donors (Lipinski definition) is 1. The van der Waals surface area contributed by atoms with Gasteiger partial charge in [0.2, 0.25) is 0 Å². The average molecular weight is 280 g/mol. The molecular weight excluding hydrogens is 264 g/mol. The number of nitrogens with zero attached hydrogens (tertiary/aromatic N) is 1. The largest absolute Gasteiger partial charge is 0.296 e. The van der Waals surface area contributed by atoms with Crippen molar-refractivity contribution in [1.29, 1.82) is 0 Å². The van der Waals surface area contributed by atoms with Crippen molar-refractivity contribution in [3.8, 4) is 0 Å². The van der Waals surface area contributed by atoms with Gasteiger partial charge in [0.25, 0.3) is 11.5 Å². The van der Waals surface area contributed by atoms with E-state index >= 15 is 0 Å². The fourth-order valence-electron chi connectivity index (χ4n) is 2.82. The van der Waals surface area contributed by atoms with Crippen molar-refractivity contribution in [3.63, 3.8) is 0 Å². The van der Waals surface area contributed by atoms with E-state index in [-0.39, 0.29) is 11.5 Å². The molecule has 0 saturated carbocycles. The highest BCUT2D eigenvalue weighted by molar-refractivity contribution is 5.92. The van der Waals surface area contributed by atoms with Crippen molar-refractivity contribution in [1.82, 2.24) is 9.78 Å². The topological polar surface area (TPSA) is 54.9 Å². The van der Waals surface area contributed by atoms with Crippen LogP contribution in [0.3, 0.4) is 0 Å². The first kappa shape index (κ1) is 13.4. The molecule has 0 fully saturated rings. The lowest BCUT2D eigenvalue weighted by Gasteiger charge is -2.31. The lowest BCUT2D eigenvalue weighted by atomic mass is 9.72. The van der Waals surface area contributed by atoms with E-state index in [1.165, 1.54) is 12.3 Å². The summed E-state index contributed by atoms with van der Waals surface area (Å²) in [5.41, 5.74) is 0.819. The van der Waals surface area contributed by atoms with Crippen LogP contribution >= 0.6 is 0 Å². The summed E-state index contributed by atoms with van der Waals surface area (Å²) in [5, 5.41) is 2.71. The third-order valence-corrected chi connectivity index (χ3v) is 3.84. The molecule has 1 unspecified atom stereocenters. The maximum atomic E-state index is 13.0. The van der Waals surface area contributed by atoms with Crippen LogP contribution in [0.1, 0.15) is 23.7 Å². The first-order valence-corrected chi connectivity index (χ1v) is 6.85. The van der Waals surface area contributed by atoms with Crippen molar-refractivity contribution in [3.05, 3.63) is 82.3 Å². The summed E-state index contributed by atoms with van der Waals surface area (Å²) in [6.45, 7) is 1.99. The Labute approximate surface area is 122 Å². The Bertz CT molecular complexity index is 780. The van der Waals surface area contributed by atoms with Gasteiger partial charge >= 0.3 is 0 Å². The van der Waals surface area contributed by atoms with Crippen LogP contribution in [0.2, 0.25) is 0 Å². The molecule has 1 aliphatic carbocycles. The molecule has 1 aromatic heterocycles. The lowest BCUT2D eigenvalue weighted by molar-refractivity contribution is 0.0807. The van der Waals surface area contributed by atoms with Gasteiger partial charge in [-0.1, -0.05) is 54.1 Å². The average Bonchev–Trinajstić information content (AvgIpc) is 2.93. The molecule has 1 atom stereocenters. The Kier molecular flexibility index (Phi) is 3.22. The monoisotopic (exact) mass is 280 g/mol. The normalized spacial score (nSPS) is 21.1. The van der Waals surface area contributed by atoms with Gasteiger partial charge in [0.15, 0.2) is 0 Å². The molecule has 1 heterocycles. The Morgan fingerprint density at radius 3 is 2.62 bits per heavy atom. The SMILES string of the molecule is CC1=CC=CC(C(=O)n2[nH]ccc2=O)(c2ccccc2)C1. The minimum atomic E-state index is -0.839. The Balaban J connectivity index is 2.17. The molecule has 4 heteroatoms. The van der Waals surface area contributed by atoms with Crippen LogP contribution in [0.4, 0.5) is 0 Å². The highest BCUT2D eigenvalue weighted by atomic mass is 16.2. The number of carbonyl (C=O) groups excluding carboxylic acids is 1. The second-order valence-corrected chi connectivity index (χ2v) is 5.33. The van der Waals surface area contributed by atoms with E-state index < -0.39 is 5.41 Å². The van der Waals surface area contributed by atoms with Crippen molar-refractivity contribution >= 4 is 5.91 Å². The predicted molar refractivity (Wildman–Crippen MR) is 81.3 cm³/mol. The Morgan fingerprint density at radius 2 is 2.00 bits per heavy atom. The second-order valence-electron chi connectivity index (χ2n) is 5.33. The molecule has 0 radical (unpaired) electrons. The van der Waals surface area contributed by atoms with Crippen molar-refractivity contribution in [2.45, 2.75) is 18.8 Å². The molecule has 0 saturated heterocycles. The van der Waals surface area contributed by atoms with Gasteiger partial charge in [-0.2, -0.15) is 4.68 Å². The smallest absolute Gasteiger partial charge is 0.273 e. The van der Waals surface area contributed by atoms with E-state index in [2.05, 4.69) is 5.10 Å². The number of aromatic nitrogens is 2. The van der Waals surface area contributed by atoms with E-state index in [0.29, 0.717) is 6.42 Å². The van der Waals surface area contributed by atoms with Gasteiger partial charge in [0.1, 0.15) is 0 Å². The van der Waals surface area contributed by atoms with Crippen molar-refractivity contribution in [2.75, 3.05) is 0 Å². The summed E-state index contributed by atoms with van der Waals surface area (Å²) in [6.07, 6.45) is 7.81. The maximum Gasteiger partial charge on any atom is 0.273 e. The van der Waals surface area contributed by atoms with Gasteiger partial charge in [-0.15, -0.1) is 0 Å². The maximum absolute atomic E-state index is 13.0. The van der Waals surface area contributed by atoms with Crippen molar-refractivity contribution in [2.24, 2.45) is 0 Å². The second kappa shape index (κ2) is 5.05. The molecule has 2 aromatic rings. The van der Waals surface area contributed by atoms with Crippen LogP contribution in [0.15, 0.2) is 71.2 Å². The number of rotatable bonds is 2. The fourth-order valence-corrected chi connectivity index (χ4v) is 2.82. The third-order valence-electron chi connectivity index (χ3n) is 3.84. The van der Waals surface area contributed by atoms with Gasteiger partial charge in [-0.25, -0.2) is 0 Å².